The van der Waals surface area contributed by atoms with Crippen molar-refractivity contribution in [3.63, 3.8) is 0 Å². The van der Waals surface area contributed by atoms with Crippen LogP contribution in [0.5, 0.6) is 0 Å². The largest absolute Gasteiger partial charge is 0.478 e. The number of aryl methyl sites for hydroxylation is 1. The SMILES string of the molecule is Cc1cc(/C=C2/C(=O)NC(=S)N(c3ccc(Br)cc3)C2=O)c(C)n1-c1ccc(Cl)c(C(=O)O)c1. The number of benzene rings is 2. The molecule has 3 aromatic rings. The van der Waals surface area contributed by atoms with Crippen LogP contribution in [0.3, 0.4) is 0 Å². The minimum absolute atomic E-state index is 0.00214. The molecule has 10 heteroatoms. The number of hydrogen-bond donors (Lipinski definition) is 2. The van der Waals surface area contributed by atoms with Gasteiger partial charge in [-0.2, -0.15) is 0 Å². The second-order valence-electron chi connectivity index (χ2n) is 7.57. The van der Waals surface area contributed by atoms with Crippen LogP contribution in [-0.2, 0) is 9.59 Å². The molecule has 2 N–H and O–H groups in total. The van der Waals surface area contributed by atoms with Crippen LogP contribution in [0.15, 0.2) is 58.6 Å². The van der Waals surface area contributed by atoms with Gasteiger partial charge in [0.1, 0.15) is 5.57 Å². The minimum atomic E-state index is -1.13. The lowest BCUT2D eigenvalue weighted by molar-refractivity contribution is -0.122. The second kappa shape index (κ2) is 9.17. The van der Waals surface area contributed by atoms with Crippen LogP contribution in [0, 0.1) is 13.8 Å². The molecule has 2 heterocycles. The average Bonchev–Trinajstić information content (AvgIpc) is 3.05. The van der Waals surface area contributed by atoms with Gasteiger partial charge in [-0.05, 0) is 86.2 Å². The Morgan fingerprint density at radius 1 is 1.09 bits per heavy atom. The van der Waals surface area contributed by atoms with Crippen molar-refractivity contribution in [1.29, 1.82) is 0 Å². The third-order valence-electron chi connectivity index (χ3n) is 5.40. The Morgan fingerprint density at radius 3 is 2.38 bits per heavy atom. The summed E-state index contributed by atoms with van der Waals surface area (Å²) in [5, 5.41) is 12.1. The van der Waals surface area contributed by atoms with E-state index in [0.29, 0.717) is 22.6 Å². The standard InChI is InChI=1S/C24H17BrClN3O4S/c1-12-9-14(13(2)28(12)17-7-8-20(26)18(11-17)23(32)33)10-19-21(30)27-24(34)29(22(19)31)16-5-3-15(25)4-6-16/h3-11H,1-2H3,(H,32,33)(H,27,30,34)/b19-10-. The molecule has 0 spiro atoms. The van der Waals surface area contributed by atoms with Crippen molar-refractivity contribution in [1.82, 2.24) is 9.88 Å². The summed E-state index contributed by atoms with van der Waals surface area (Å²) >= 11 is 14.6. The number of aromatic nitrogens is 1. The highest BCUT2D eigenvalue weighted by Gasteiger charge is 2.34. The normalized spacial score (nSPS) is 15.1. The summed E-state index contributed by atoms with van der Waals surface area (Å²) < 4.78 is 2.67. The molecule has 0 bridgehead atoms. The molecule has 0 saturated carbocycles. The van der Waals surface area contributed by atoms with Gasteiger partial charge in [0.05, 0.1) is 16.3 Å². The molecular formula is C24H17BrClN3O4S. The fourth-order valence-electron chi connectivity index (χ4n) is 3.78. The maximum Gasteiger partial charge on any atom is 0.337 e. The van der Waals surface area contributed by atoms with E-state index in [4.69, 9.17) is 23.8 Å². The Hall–Kier alpha value is -3.27. The molecule has 0 radical (unpaired) electrons. The number of hydrogen-bond acceptors (Lipinski definition) is 4. The summed E-state index contributed by atoms with van der Waals surface area (Å²) in [4.78, 5) is 38.7. The van der Waals surface area contributed by atoms with Crippen LogP contribution < -0.4 is 10.2 Å². The molecule has 7 nitrogen and oxygen atoms in total. The van der Waals surface area contributed by atoms with Crippen LogP contribution >= 0.6 is 39.7 Å². The smallest absolute Gasteiger partial charge is 0.337 e. The fourth-order valence-corrected chi connectivity index (χ4v) is 4.53. The highest BCUT2D eigenvalue weighted by atomic mass is 79.9. The number of nitrogens with zero attached hydrogens (tertiary/aromatic N) is 2. The molecule has 1 aromatic heterocycles. The molecule has 0 unspecified atom stereocenters. The number of rotatable bonds is 4. The van der Waals surface area contributed by atoms with E-state index < -0.39 is 17.8 Å². The highest BCUT2D eigenvalue weighted by Crippen LogP contribution is 2.28. The number of anilines is 1. The minimum Gasteiger partial charge on any atom is -0.478 e. The average molecular weight is 559 g/mol. The third kappa shape index (κ3) is 4.29. The van der Waals surface area contributed by atoms with Gasteiger partial charge in [0.2, 0.25) is 0 Å². The van der Waals surface area contributed by atoms with E-state index in [9.17, 15) is 19.5 Å². The predicted molar refractivity (Wildman–Crippen MR) is 138 cm³/mol. The Morgan fingerprint density at radius 2 is 1.74 bits per heavy atom. The first-order valence-electron chi connectivity index (χ1n) is 9.97. The first-order valence-corrected chi connectivity index (χ1v) is 11.6. The van der Waals surface area contributed by atoms with Gasteiger partial charge in [0, 0.05) is 21.5 Å². The molecule has 1 fully saturated rings. The van der Waals surface area contributed by atoms with E-state index >= 15 is 0 Å². The van der Waals surface area contributed by atoms with Crippen molar-refractivity contribution < 1.29 is 19.5 Å². The molecule has 2 aromatic carbocycles. The van der Waals surface area contributed by atoms with Gasteiger partial charge in [-0.15, -0.1) is 0 Å². The number of amides is 2. The first-order chi connectivity index (χ1) is 16.1. The molecule has 1 saturated heterocycles. The zero-order valence-electron chi connectivity index (χ0n) is 17.9. The van der Waals surface area contributed by atoms with Gasteiger partial charge in [-0.1, -0.05) is 27.5 Å². The number of halogens is 2. The summed E-state index contributed by atoms with van der Waals surface area (Å²) in [5.41, 5.74) is 3.16. The molecule has 1 aliphatic rings. The van der Waals surface area contributed by atoms with Gasteiger partial charge in [0.25, 0.3) is 11.8 Å². The number of aromatic carboxylic acids is 1. The molecule has 2 amide bonds. The lowest BCUT2D eigenvalue weighted by atomic mass is 10.1. The Balaban J connectivity index is 1.77. The number of carboxylic acids is 1. The van der Waals surface area contributed by atoms with Crippen molar-refractivity contribution in [3.8, 4) is 5.69 Å². The van der Waals surface area contributed by atoms with Crippen molar-refractivity contribution in [2.75, 3.05) is 4.90 Å². The van der Waals surface area contributed by atoms with Crippen LogP contribution in [0.25, 0.3) is 11.8 Å². The molecule has 172 valence electrons. The first kappa shape index (κ1) is 23.9. The Kier molecular flexibility index (Phi) is 6.44. The summed E-state index contributed by atoms with van der Waals surface area (Å²) in [7, 11) is 0. The third-order valence-corrected chi connectivity index (χ3v) is 6.54. The van der Waals surface area contributed by atoms with E-state index in [1.165, 1.54) is 23.1 Å². The molecule has 4 rings (SSSR count). The van der Waals surface area contributed by atoms with Crippen LogP contribution in [-0.4, -0.2) is 32.6 Å². The topological polar surface area (TPSA) is 91.6 Å². The number of carbonyl (C=O) groups is 3. The molecule has 0 atom stereocenters. The lowest BCUT2D eigenvalue weighted by Crippen LogP contribution is -2.54. The monoisotopic (exact) mass is 557 g/mol. The molecule has 1 aliphatic heterocycles. The zero-order valence-corrected chi connectivity index (χ0v) is 21.1. The lowest BCUT2D eigenvalue weighted by Gasteiger charge is -2.29. The number of carboxylic acid groups (broad SMARTS) is 1. The predicted octanol–water partition coefficient (Wildman–Crippen LogP) is 5.04. The van der Waals surface area contributed by atoms with E-state index in [1.807, 2.05) is 24.5 Å². The van der Waals surface area contributed by atoms with E-state index in [-0.39, 0.29) is 21.3 Å². The Labute approximate surface area is 213 Å². The summed E-state index contributed by atoms with van der Waals surface area (Å²) in [6, 6.07) is 13.5. The zero-order chi connectivity index (χ0) is 24.7. The van der Waals surface area contributed by atoms with Crippen molar-refractivity contribution >= 4 is 74.4 Å². The summed E-state index contributed by atoms with van der Waals surface area (Å²) in [6.45, 7) is 3.66. The van der Waals surface area contributed by atoms with Crippen LogP contribution in [0.4, 0.5) is 5.69 Å². The van der Waals surface area contributed by atoms with E-state index in [0.717, 1.165) is 10.2 Å². The van der Waals surface area contributed by atoms with Crippen LogP contribution in [0.1, 0.15) is 27.3 Å². The van der Waals surface area contributed by atoms with Crippen molar-refractivity contribution in [2.45, 2.75) is 13.8 Å². The van der Waals surface area contributed by atoms with E-state index in [2.05, 4.69) is 21.2 Å². The van der Waals surface area contributed by atoms with Crippen molar-refractivity contribution in [2.24, 2.45) is 0 Å². The second-order valence-corrected chi connectivity index (χ2v) is 9.28. The van der Waals surface area contributed by atoms with E-state index in [1.54, 1.807) is 30.3 Å². The summed E-state index contributed by atoms with van der Waals surface area (Å²) in [6.07, 6.45) is 1.51. The Bertz CT molecular complexity index is 1410. The quantitative estimate of drug-likeness (QED) is 0.266. The maximum atomic E-state index is 13.3. The number of thiocarbonyl (C=S) groups is 1. The number of nitrogens with one attached hydrogen (secondary N) is 1. The molecule has 0 aliphatic carbocycles. The van der Waals surface area contributed by atoms with Gasteiger partial charge in [-0.25, -0.2) is 4.79 Å². The molecular weight excluding hydrogens is 542 g/mol. The van der Waals surface area contributed by atoms with Gasteiger partial charge >= 0.3 is 5.97 Å². The maximum absolute atomic E-state index is 13.3. The van der Waals surface area contributed by atoms with Gasteiger partial charge in [0.15, 0.2) is 5.11 Å². The van der Waals surface area contributed by atoms with Crippen LogP contribution in [0.2, 0.25) is 5.02 Å². The number of carbonyl (C=O) groups excluding carboxylic acids is 2. The van der Waals surface area contributed by atoms with Crippen molar-refractivity contribution in [3.05, 3.63) is 86.1 Å². The summed E-state index contributed by atoms with van der Waals surface area (Å²) in [5.74, 6) is -2.27. The van der Waals surface area contributed by atoms with Gasteiger partial charge < -0.3 is 9.67 Å². The highest BCUT2D eigenvalue weighted by molar-refractivity contribution is 9.10. The fraction of sp³-hybridized carbons (Fsp3) is 0.0833. The van der Waals surface area contributed by atoms with Gasteiger partial charge in [-0.3, -0.25) is 19.8 Å². The molecule has 34 heavy (non-hydrogen) atoms.